The van der Waals surface area contributed by atoms with Gasteiger partial charge in [-0.1, -0.05) is 61.4 Å². The molecule has 0 saturated heterocycles. The van der Waals surface area contributed by atoms with Gasteiger partial charge in [0.1, 0.15) is 5.54 Å². The van der Waals surface area contributed by atoms with Crippen molar-refractivity contribution in [1.29, 1.82) is 5.26 Å². The van der Waals surface area contributed by atoms with E-state index in [1.165, 1.54) is 11.8 Å². The maximum absolute atomic E-state index is 12.3. The maximum Gasteiger partial charge on any atom is 0.231 e. The van der Waals surface area contributed by atoms with Crippen LogP contribution in [0.1, 0.15) is 32.1 Å². The van der Waals surface area contributed by atoms with Crippen molar-refractivity contribution in [3.05, 3.63) is 36.5 Å². The Morgan fingerprint density at radius 3 is 2.72 bits per heavy atom. The summed E-state index contributed by atoms with van der Waals surface area (Å²) in [4.78, 5) is 16.7. The van der Waals surface area contributed by atoms with E-state index in [9.17, 15) is 10.1 Å². The van der Waals surface area contributed by atoms with Crippen LogP contribution in [0.5, 0.6) is 0 Å². The van der Waals surface area contributed by atoms with Crippen LogP contribution in [0, 0.1) is 11.3 Å². The standard InChI is InChI=1S/C19H22N4OS/c1-23-16(15-8-4-2-5-9-15)12-21-18(23)25-13-17(24)22-19(14-20)10-6-3-7-11-19/h2,4-5,8-9,12H,3,6-7,10-11,13H2,1H3,(H,22,24). The molecule has 1 aliphatic rings. The van der Waals surface area contributed by atoms with Gasteiger partial charge in [-0.05, 0) is 18.4 Å². The van der Waals surface area contributed by atoms with Crippen LogP contribution in [0.15, 0.2) is 41.7 Å². The van der Waals surface area contributed by atoms with Crippen LogP contribution in [-0.2, 0) is 11.8 Å². The Morgan fingerprint density at radius 2 is 2.04 bits per heavy atom. The third kappa shape index (κ3) is 4.05. The van der Waals surface area contributed by atoms with E-state index in [0.29, 0.717) is 0 Å². The van der Waals surface area contributed by atoms with Gasteiger partial charge in [-0.2, -0.15) is 5.26 Å². The number of thioether (sulfide) groups is 1. The molecule has 1 heterocycles. The Balaban J connectivity index is 1.61. The molecule has 0 spiro atoms. The fraction of sp³-hybridized carbons (Fsp3) is 0.421. The quantitative estimate of drug-likeness (QED) is 0.834. The summed E-state index contributed by atoms with van der Waals surface area (Å²) in [6.45, 7) is 0. The van der Waals surface area contributed by atoms with Crippen molar-refractivity contribution < 1.29 is 4.79 Å². The van der Waals surface area contributed by atoms with Crippen molar-refractivity contribution in [3.8, 4) is 17.3 Å². The molecule has 5 nitrogen and oxygen atoms in total. The van der Waals surface area contributed by atoms with Crippen molar-refractivity contribution in [2.75, 3.05) is 5.75 Å². The van der Waals surface area contributed by atoms with E-state index in [0.717, 1.165) is 48.5 Å². The molecule has 25 heavy (non-hydrogen) atoms. The van der Waals surface area contributed by atoms with Crippen molar-refractivity contribution in [2.45, 2.75) is 42.8 Å². The molecule has 1 saturated carbocycles. The molecule has 0 atom stereocenters. The number of nitriles is 1. The first-order valence-electron chi connectivity index (χ1n) is 8.56. The largest absolute Gasteiger partial charge is 0.337 e. The summed E-state index contributed by atoms with van der Waals surface area (Å²) in [6.07, 6.45) is 6.47. The third-order valence-corrected chi connectivity index (χ3v) is 5.69. The Bertz CT molecular complexity index is 772. The number of benzene rings is 1. The van der Waals surface area contributed by atoms with Crippen molar-refractivity contribution in [3.63, 3.8) is 0 Å². The number of hydrogen-bond donors (Lipinski definition) is 1. The van der Waals surface area contributed by atoms with E-state index in [-0.39, 0.29) is 11.7 Å². The molecule has 6 heteroatoms. The molecule has 1 aromatic heterocycles. The van der Waals surface area contributed by atoms with Crippen LogP contribution < -0.4 is 5.32 Å². The number of imidazole rings is 1. The first-order chi connectivity index (χ1) is 12.1. The Kier molecular flexibility index (Phi) is 5.44. The lowest BCUT2D eigenvalue weighted by atomic mass is 9.83. The molecule has 1 N–H and O–H groups in total. The van der Waals surface area contributed by atoms with Crippen LogP contribution in [0.3, 0.4) is 0 Å². The Morgan fingerprint density at radius 1 is 1.32 bits per heavy atom. The molecule has 1 fully saturated rings. The van der Waals surface area contributed by atoms with Crippen molar-refractivity contribution >= 4 is 17.7 Å². The lowest BCUT2D eigenvalue weighted by Gasteiger charge is -2.31. The van der Waals surface area contributed by atoms with Gasteiger partial charge in [-0.25, -0.2) is 4.98 Å². The highest BCUT2D eigenvalue weighted by Gasteiger charge is 2.33. The summed E-state index contributed by atoms with van der Waals surface area (Å²) >= 11 is 1.40. The topological polar surface area (TPSA) is 70.7 Å². The minimum absolute atomic E-state index is 0.0993. The van der Waals surface area contributed by atoms with Crippen molar-refractivity contribution in [2.24, 2.45) is 7.05 Å². The number of amides is 1. The molecular formula is C19H22N4OS. The summed E-state index contributed by atoms with van der Waals surface area (Å²) < 4.78 is 1.99. The molecule has 3 rings (SSSR count). The number of nitrogens with one attached hydrogen (secondary N) is 1. The molecule has 2 aromatic rings. The number of aromatic nitrogens is 2. The molecular weight excluding hydrogens is 332 g/mol. The van der Waals surface area contributed by atoms with E-state index in [4.69, 9.17) is 0 Å². The van der Waals surface area contributed by atoms with Gasteiger partial charge < -0.3 is 9.88 Å². The fourth-order valence-corrected chi connectivity index (χ4v) is 4.01. The van der Waals surface area contributed by atoms with Crippen LogP contribution in [0.25, 0.3) is 11.3 Å². The maximum atomic E-state index is 12.3. The van der Waals surface area contributed by atoms with Crippen molar-refractivity contribution in [1.82, 2.24) is 14.9 Å². The zero-order chi connectivity index (χ0) is 17.7. The summed E-state index contributed by atoms with van der Waals surface area (Å²) in [5.41, 5.74) is 1.44. The Labute approximate surface area is 152 Å². The third-order valence-electron chi connectivity index (χ3n) is 4.65. The molecule has 1 aromatic carbocycles. The van der Waals surface area contributed by atoms with E-state index >= 15 is 0 Å². The van der Waals surface area contributed by atoms with E-state index in [2.05, 4.69) is 16.4 Å². The SMILES string of the molecule is Cn1c(-c2ccccc2)cnc1SCC(=O)NC1(C#N)CCCCC1. The molecule has 1 aliphatic carbocycles. The molecule has 130 valence electrons. The number of nitrogens with zero attached hydrogens (tertiary/aromatic N) is 3. The number of rotatable bonds is 5. The summed E-state index contributed by atoms with van der Waals surface area (Å²) in [5, 5.41) is 13.2. The Hall–Kier alpha value is -2.26. The minimum atomic E-state index is -0.674. The van der Waals surface area contributed by atoms with Gasteiger partial charge in [0.25, 0.3) is 0 Å². The first kappa shape index (κ1) is 17.6. The summed E-state index contributed by atoms with van der Waals surface area (Å²) in [6, 6.07) is 12.4. The van der Waals surface area contributed by atoms with Gasteiger partial charge in [0.2, 0.25) is 5.91 Å². The lowest BCUT2D eigenvalue weighted by Crippen LogP contribution is -2.49. The summed E-state index contributed by atoms with van der Waals surface area (Å²) in [5.74, 6) is 0.167. The van der Waals surface area contributed by atoms with Gasteiger partial charge >= 0.3 is 0 Å². The molecule has 0 bridgehead atoms. The second-order valence-corrected chi connectivity index (χ2v) is 7.38. The van der Waals surface area contributed by atoms with E-state index < -0.39 is 5.54 Å². The van der Waals surface area contributed by atoms with Gasteiger partial charge in [-0.3, -0.25) is 4.79 Å². The lowest BCUT2D eigenvalue weighted by molar-refractivity contribution is -0.120. The fourth-order valence-electron chi connectivity index (χ4n) is 3.26. The van der Waals surface area contributed by atoms with Gasteiger partial charge in [-0.15, -0.1) is 0 Å². The van der Waals surface area contributed by atoms with E-state index in [1.54, 1.807) is 0 Å². The monoisotopic (exact) mass is 354 g/mol. The van der Waals surface area contributed by atoms with Crippen LogP contribution >= 0.6 is 11.8 Å². The molecule has 0 radical (unpaired) electrons. The number of hydrogen-bond acceptors (Lipinski definition) is 4. The highest BCUT2D eigenvalue weighted by Crippen LogP contribution is 2.28. The van der Waals surface area contributed by atoms with Crippen LogP contribution in [-0.4, -0.2) is 26.8 Å². The normalized spacial score (nSPS) is 16.2. The van der Waals surface area contributed by atoms with Crippen LogP contribution in [0.2, 0.25) is 0 Å². The summed E-state index contributed by atoms with van der Waals surface area (Å²) in [7, 11) is 1.95. The smallest absolute Gasteiger partial charge is 0.231 e. The average molecular weight is 354 g/mol. The highest BCUT2D eigenvalue weighted by atomic mass is 32.2. The van der Waals surface area contributed by atoms with Gasteiger partial charge in [0.15, 0.2) is 5.16 Å². The minimum Gasteiger partial charge on any atom is -0.337 e. The highest BCUT2D eigenvalue weighted by molar-refractivity contribution is 7.99. The second-order valence-electron chi connectivity index (χ2n) is 6.44. The predicted octanol–water partition coefficient (Wildman–Crippen LogP) is 3.52. The number of carbonyl (C=O) groups is 1. The van der Waals surface area contributed by atoms with Gasteiger partial charge in [0.05, 0.1) is 23.7 Å². The first-order valence-corrected chi connectivity index (χ1v) is 9.54. The molecule has 0 unspecified atom stereocenters. The zero-order valence-corrected chi connectivity index (χ0v) is 15.2. The second kappa shape index (κ2) is 7.75. The van der Waals surface area contributed by atoms with Crippen LogP contribution in [0.4, 0.5) is 0 Å². The van der Waals surface area contributed by atoms with E-state index in [1.807, 2.05) is 48.1 Å². The zero-order valence-electron chi connectivity index (χ0n) is 14.4. The molecule has 0 aliphatic heterocycles. The molecule has 1 amide bonds. The number of carbonyl (C=O) groups excluding carboxylic acids is 1. The average Bonchev–Trinajstić information content (AvgIpc) is 3.02. The predicted molar refractivity (Wildman–Crippen MR) is 98.9 cm³/mol. The van der Waals surface area contributed by atoms with Gasteiger partial charge in [0, 0.05) is 7.05 Å².